The Balaban J connectivity index is 0.629. The van der Waals surface area contributed by atoms with Gasteiger partial charge in [0.2, 0.25) is 0 Å². The molecule has 15 aromatic carbocycles. The number of nitrogens with zero attached hydrogens (tertiary/aromatic N) is 1. The summed E-state index contributed by atoms with van der Waals surface area (Å²) < 4.78 is 8.84. The molecule has 0 saturated carbocycles. The highest BCUT2D eigenvalue weighted by atomic mass is 28.3. The van der Waals surface area contributed by atoms with E-state index in [4.69, 9.17) is 4.42 Å². The van der Waals surface area contributed by atoms with Gasteiger partial charge < -0.3 is 8.98 Å². The molecule has 17 aromatic rings. The first-order valence-electron chi connectivity index (χ1n) is 32.0. The first-order chi connectivity index (χ1) is 46.1. The molecular weight excluding hydrogens is 1140 g/mol. The van der Waals surface area contributed by atoms with E-state index in [0.717, 1.165) is 38.8 Å². The van der Waals surface area contributed by atoms with Gasteiger partial charge in [0, 0.05) is 27.2 Å². The minimum Gasteiger partial charge on any atom is -0.456 e. The van der Waals surface area contributed by atoms with Gasteiger partial charge in [-0.05, 0) is 195 Å². The number of fused-ring (bicyclic) bond motifs is 6. The van der Waals surface area contributed by atoms with E-state index in [0.29, 0.717) is 0 Å². The molecule has 17 rings (SSSR count). The fourth-order valence-corrected chi connectivity index (χ4v) is 19.2. The van der Waals surface area contributed by atoms with Crippen LogP contribution in [-0.2, 0) is 0 Å². The van der Waals surface area contributed by atoms with Crippen molar-refractivity contribution in [3.63, 3.8) is 0 Å². The van der Waals surface area contributed by atoms with Crippen LogP contribution in [0.2, 0.25) is 0 Å². The largest absolute Gasteiger partial charge is 0.456 e. The van der Waals surface area contributed by atoms with E-state index < -0.39 is 8.07 Å². The molecule has 436 valence electrons. The van der Waals surface area contributed by atoms with Gasteiger partial charge in [-0.25, -0.2) is 0 Å². The van der Waals surface area contributed by atoms with Crippen molar-refractivity contribution in [3.05, 3.63) is 370 Å². The molecule has 0 aliphatic heterocycles. The van der Waals surface area contributed by atoms with Crippen molar-refractivity contribution in [1.82, 2.24) is 4.57 Å². The predicted molar refractivity (Wildman–Crippen MR) is 395 cm³/mol. The van der Waals surface area contributed by atoms with Crippen molar-refractivity contribution in [1.29, 1.82) is 0 Å². The van der Waals surface area contributed by atoms with E-state index in [9.17, 15) is 0 Å². The van der Waals surface area contributed by atoms with Crippen LogP contribution in [-0.4, -0.2) is 12.6 Å². The molecule has 2 heterocycles. The Morgan fingerprint density at radius 2 is 0.452 bits per heavy atom. The number of furan rings is 1. The molecule has 0 spiro atoms. The fraction of sp³-hybridized carbons (Fsp3) is 0. The summed E-state index contributed by atoms with van der Waals surface area (Å²) in [5, 5.41) is 10.2. The molecular formula is C90H61NOSi. The van der Waals surface area contributed by atoms with Gasteiger partial charge in [0.1, 0.15) is 11.2 Å². The van der Waals surface area contributed by atoms with E-state index in [1.165, 1.54) is 120 Å². The smallest absolute Gasteiger partial charge is 0.179 e. The molecule has 2 nitrogen and oxygen atoms in total. The summed E-state index contributed by atoms with van der Waals surface area (Å²) in [6.45, 7) is 0. The minimum absolute atomic E-state index is 0.880. The average molecular weight is 1200 g/mol. The summed E-state index contributed by atoms with van der Waals surface area (Å²) in [4.78, 5) is 0. The third kappa shape index (κ3) is 10.1. The van der Waals surface area contributed by atoms with E-state index in [1.54, 1.807) is 0 Å². The van der Waals surface area contributed by atoms with Crippen LogP contribution in [0.5, 0.6) is 0 Å². The molecule has 0 N–H and O–H groups in total. The summed E-state index contributed by atoms with van der Waals surface area (Å²) in [6.07, 6.45) is 0. The second-order valence-electron chi connectivity index (χ2n) is 24.4. The van der Waals surface area contributed by atoms with Crippen molar-refractivity contribution < 1.29 is 4.42 Å². The number of rotatable bonds is 13. The Morgan fingerprint density at radius 1 is 0.183 bits per heavy atom. The lowest BCUT2D eigenvalue weighted by Crippen LogP contribution is -2.74. The third-order valence-electron chi connectivity index (χ3n) is 18.9. The summed E-state index contributed by atoms with van der Waals surface area (Å²) in [7, 11) is -2.70. The van der Waals surface area contributed by atoms with Crippen LogP contribution in [0.25, 0.3) is 138 Å². The number of aromatic nitrogens is 1. The zero-order chi connectivity index (χ0) is 61.7. The summed E-state index contributed by atoms with van der Waals surface area (Å²) in [6, 6.07) is 136. The van der Waals surface area contributed by atoms with Crippen LogP contribution >= 0.6 is 0 Å². The highest BCUT2D eigenvalue weighted by Crippen LogP contribution is 2.40. The van der Waals surface area contributed by atoms with Crippen molar-refractivity contribution in [2.45, 2.75) is 0 Å². The molecule has 0 bridgehead atoms. The van der Waals surface area contributed by atoms with Crippen molar-refractivity contribution in [3.8, 4) is 94.7 Å². The number of hydrogen-bond donors (Lipinski definition) is 0. The predicted octanol–water partition coefficient (Wildman–Crippen LogP) is 21.4. The average Bonchev–Trinajstić information content (AvgIpc) is 1.67. The molecule has 93 heavy (non-hydrogen) atoms. The van der Waals surface area contributed by atoms with Crippen LogP contribution < -0.4 is 20.7 Å². The monoisotopic (exact) mass is 1200 g/mol. The Hall–Kier alpha value is -11.9. The van der Waals surface area contributed by atoms with E-state index in [2.05, 4.69) is 375 Å². The quantitative estimate of drug-likeness (QED) is 0.0831. The number of benzene rings is 15. The lowest BCUT2D eigenvalue weighted by molar-refractivity contribution is 0.669. The maximum absolute atomic E-state index is 6.47. The van der Waals surface area contributed by atoms with Crippen LogP contribution in [0.1, 0.15) is 0 Å². The molecule has 0 amide bonds. The van der Waals surface area contributed by atoms with E-state index in [1.807, 2.05) is 0 Å². The van der Waals surface area contributed by atoms with Crippen LogP contribution in [0.4, 0.5) is 0 Å². The van der Waals surface area contributed by atoms with Gasteiger partial charge in [0.05, 0.1) is 11.0 Å². The van der Waals surface area contributed by atoms with Gasteiger partial charge in [-0.1, -0.05) is 285 Å². The normalized spacial score (nSPS) is 11.7. The Kier molecular flexibility index (Phi) is 13.9. The van der Waals surface area contributed by atoms with E-state index >= 15 is 0 Å². The molecule has 0 unspecified atom stereocenters. The Labute approximate surface area is 542 Å². The first-order valence-corrected chi connectivity index (χ1v) is 34.0. The topological polar surface area (TPSA) is 18.1 Å². The summed E-state index contributed by atoms with van der Waals surface area (Å²) in [5.74, 6) is 0. The SMILES string of the molecule is c1ccc([Si](c2ccccc2)(c2ccccc2)c2cccc(-c3cccc(-c4cccc(-c5cccc(-c6cccc(-c7cccc(-c8cccc(-c9cccc(-c%10ccc%11oc%12ccc(-n%13c%14ccccc%14c%14ccccc%14%13)cc%12c%11c%10)c9)c8)c7)c6)c5)c4)c3)c2)cc1. The van der Waals surface area contributed by atoms with Gasteiger partial charge >= 0.3 is 0 Å². The molecule has 3 heteroatoms. The Morgan fingerprint density at radius 3 is 0.806 bits per heavy atom. The Bertz CT molecular complexity index is 5490. The van der Waals surface area contributed by atoms with Crippen LogP contribution in [0.15, 0.2) is 374 Å². The lowest BCUT2D eigenvalue weighted by atomic mass is 9.93. The standard InChI is InChI=1S/C90H61NOSi/c1-4-37-79(38-5-1)93(80-39-6-2-7-40-80,81-41-8-3-9-42-81)82-43-21-36-76(59-82)74-34-19-32-72(57-74)70-30-17-28-68(55-70)66-26-15-24-64(53-66)62-22-14-23-63(52-62)65-25-16-27-67(54-65)69-29-18-31-71(56-69)73-33-20-35-75(58-73)77-48-50-89-85(60-77)86-61-78(49-51-90(86)92-89)91-87-46-12-10-44-83(87)84-45-11-13-47-88(84)91/h1-61H. The van der Waals surface area contributed by atoms with Gasteiger partial charge in [-0.15, -0.1) is 0 Å². The number of para-hydroxylation sites is 2. The second kappa shape index (κ2) is 23.5. The zero-order valence-corrected chi connectivity index (χ0v) is 52.1. The molecule has 0 radical (unpaired) electrons. The van der Waals surface area contributed by atoms with E-state index in [-0.39, 0.29) is 0 Å². The molecule has 0 fully saturated rings. The maximum Gasteiger partial charge on any atom is 0.179 e. The molecule has 0 aliphatic rings. The van der Waals surface area contributed by atoms with Gasteiger partial charge in [-0.2, -0.15) is 0 Å². The zero-order valence-electron chi connectivity index (χ0n) is 51.1. The molecule has 0 atom stereocenters. The summed E-state index contributed by atoms with van der Waals surface area (Å²) >= 11 is 0. The van der Waals surface area contributed by atoms with Gasteiger partial charge in [-0.3, -0.25) is 0 Å². The van der Waals surface area contributed by atoms with Gasteiger partial charge in [0.25, 0.3) is 0 Å². The maximum atomic E-state index is 6.47. The number of hydrogen-bond acceptors (Lipinski definition) is 1. The van der Waals surface area contributed by atoms with Crippen molar-refractivity contribution in [2.75, 3.05) is 0 Å². The van der Waals surface area contributed by atoms with Crippen LogP contribution in [0, 0.1) is 0 Å². The highest BCUT2D eigenvalue weighted by molar-refractivity contribution is 7.20. The highest BCUT2D eigenvalue weighted by Gasteiger charge is 2.41. The first kappa shape index (κ1) is 55.2. The van der Waals surface area contributed by atoms with Crippen LogP contribution in [0.3, 0.4) is 0 Å². The lowest BCUT2D eigenvalue weighted by Gasteiger charge is -2.34. The summed E-state index contributed by atoms with van der Waals surface area (Å²) in [5.41, 5.74) is 24.1. The second-order valence-corrected chi connectivity index (χ2v) is 28.2. The fourth-order valence-electron chi connectivity index (χ4n) is 14.4. The molecule has 2 aromatic heterocycles. The molecule has 0 aliphatic carbocycles. The third-order valence-corrected chi connectivity index (χ3v) is 23.7. The van der Waals surface area contributed by atoms with Gasteiger partial charge in [0.15, 0.2) is 8.07 Å². The van der Waals surface area contributed by atoms with Crippen molar-refractivity contribution >= 4 is 72.6 Å². The molecule has 0 saturated heterocycles. The minimum atomic E-state index is -2.70. The van der Waals surface area contributed by atoms with Crippen molar-refractivity contribution in [2.24, 2.45) is 0 Å².